The molecule has 1 aliphatic rings. The maximum atomic E-state index is 12.4. The van der Waals surface area contributed by atoms with Crippen molar-refractivity contribution in [3.63, 3.8) is 0 Å². The Morgan fingerprint density at radius 3 is 2.78 bits per heavy atom. The van der Waals surface area contributed by atoms with Crippen molar-refractivity contribution in [1.29, 1.82) is 0 Å². The summed E-state index contributed by atoms with van der Waals surface area (Å²) in [6.45, 7) is 0. The highest BCUT2D eigenvalue weighted by molar-refractivity contribution is 5.92. The summed E-state index contributed by atoms with van der Waals surface area (Å²) in [5.74, 6) is 0.541. The van der Waals surface area contributed by atoms with E-state index in [-0.39, 0.29) is 12.1 Å². The molecule has 0 spiro atoms. The number of fused-ring (bicyclic) bond motifs is 1. The molecule has 0 aliphatic heterocycles. The number of nitrogens with zero attached hydrogens (tertiary/aromatic N) is 1. The van der Waals surface area contributed by atoms with Crippen LogP contribution in [0.3, 0.4) is 0 Å². The summed E-state index contributed by atoms with van der Waals surface area (Å²) in [7, 11) is 0. The monoisotopic (exact) mass is 306 g/mol. The second-order valence-electron chi connectivity index (χ2n) is 6.00. The number of aromatic amines is 1. The van der Waals surface area contributed by atoms with Gasteiger partial charge in [-0.25, -0.2) is 4.79 Å². The van der Waals surface area contributed by atoms with Crippen LogP contribution in [0.25, 0.3) is 10.9 Å². The third kappa shape index (κ3) is 3.04. The van der Waals surface area contributed by atoms with Crippen LogP contribution in [0, 0.1) is 5.92 Å². The van der Waals surface area contributed by atoms with E-state index in [9.17, 15) is 4.79 Å². The molecule has 0 radical (unpaired) electrons. The van der Waals surface area contributed by atoms with Crippen LogP contribution in [0.5, 0.6) is 0 Å². The predicted octanol–water partition coefficient (Wildman–Crippen LogP) is 3.84. The molecule has 0 bridgehead atoms. The van der Waals surface area contributed by atoms with Crippen molar-refractivity contribution in [3.8, 4) is 0 Å². The van der Waals surface area contributed by atoms with Gasteiger partial charge >= 0.3 is 6.03 Å². The zero-order valence-electron chi connectivity index (χ0n) is 12.6. The van der Waals surface area contributed by atoms with E-state index in [1.807, 2.05) is 36.4 Å². The minimum atomic E-state index is -0.173. The molecular formula is C18H18N4O. The molecule has 3 N–H and O–H groups in total. The van der Waals surface area contributed by atoms with Crippen LogP contribution in [0.1, 0.15) is 24.4 Å². The van der Waals surface area contributed by atoms with Gasteiger partial charge in [-0.15, -0.1) is 0 Å². The molecule has 5 heteroatoms. The van der Waals surface area contributed by atoms with Gasteiger partial charge in [0.15, 0.2) is 0 Å². The molecule has 5 nitrogen and oxygen atoms in total. The van der Waals surface area contributed by atoms with Gasteiger partial charge in [-0.2, -0.15) is 5.10 Å². The molecule has 1 fully saturated rings. The average Bonchev–Trinajstić information content (AvgIpc) is 3.31. The molecule has 2 aromatic carbocycles. The summed E-state index contributed by atoms with van der Waals surface area (Å²) in [4.78, 5) is 12.4. The fourth-order valence-electron chi connectivity index (χ4n) is 2.89. The fourth-order valence-corrected chi connectivity index (χ4v) is 2.89. The summed E-state index contributed by atoms with van der Waals surface area (Å²) < 4.78 is 0. The minimum absolute atomic E-state index is 0.0776. The molecule has 1 unspecified atom stereocenters. The molecule has 1 aromatic heterocycles. The maximum absolute atomic E-state index is 12.4. The zero-order chi connectivity index (χ0) is 15.6. The first-order valence-electron chi connectivity index (χ1n) is 7.85. The van der Waals surface area contributed by atoms with Crippen molar-refractivity contribution in [3.05, 3.63) is 60.3 Å². The molecule has 116 valence electrons. The van der Waals surface area contributed by atoms with Crippen LogP contribution < -0.4 is 10.6 Å². The van der Waals surface area contributed by atoms with Crippen molar-refractivity contribution in [2.45, 2.75) is 18.9 Å². The van der Waals surface area contributed by atoms with Crippen molar-refractivity contribution < 1.29 is 4.79 Å². The van der Waals surface area contributed by atoms with E-state index in [1.54, 1.807) is 6.20 Å². The lowest BCUT2D eigenvalue weighted by Gasteiger charge is -2.19. The number of hydrogen-bond acceptors (Lipinski definition) is 2. The fraction of sp³-hybridized carbons (Fsp3) is 0.222. The number of rotatable bonds is 4. The number of carbonyl (C=O) groups excluding carboxylic acids is 1. The zero-order valence-corrected chi connectivity index (χ0v) is 12.6. The van der Waals surface area contributed by atoms with Gasteiger partial charge in [-0.3, -0.25) is 5.10 Å². The highest BCUT2D eigenvalue weighted by Gasteiger charge is 2.33. The first-order valence-corrected chi connectivity index (χ1v) is 7.85. The highest BCUT2D eigenvalue weighted by Crippen LogP contribution is 2.40. The van der Waals surface area contributed by atoms with Crippen LogP contribution in [0.4, 0.5) is 10.5 Å². The number of aromatic nitrogens is 2. The van der Waals surface area contributed by atoms with Crippen molar-refractivity contribution in [2.75, 3.05) is 5.32 Å². The van der Waals surface area contributed by atoms with Gasteiger partial charge in [-0.05, 0) is 42.5 Å². The standard InChI is InChI=1S/C18H18N4O/c23-18(20-15-8-9-16-14(10-15)11-19-22-16)21-17(13-6-7-13)12-4-2-1-3-5-12/h1-5,8-11,13,17H,6-7H2,(H,19,22)(H2,20,21,23). The van der Waals surface area contributed by atoms with Crippen LogP contribution >= 0.6 is 0 Å². The lowest BCUT2D eigenvalue weighted by Crippen LogP contribution is -2.33. The second-order valence-corrected chi connectivity index (χ2v) is 6.00. The highest BCUT2D eigenvalue weighted by atomic mass is 16.2. The molecule has 1 saturated carbocycles. The van der Waals surface area contributed by atoms with Crippen LogP contribution in [-0.4, -0.2) is 16.2 Å². The molecular weight excluding hydrogens is 288 g/mol. The normalized spacial score (nSPS) is 15.3. The SMILES string of the molecule is O=C(Nc1ccc2[nH]ncc2c1)NC(c1ccccc1)C1CC1. The molecule has 1 aliphatic carbocycles. The van der Waals surface area contributed by atoms with Gasteiger partial charge in [-0.1, -0.05) is 30.3 Å². The number of urea groups is 1. The molecule has 4 rings (SSSR count). The third-order valence-corrected chi connectivity index (χ3v) is 4.24. The Morgan fingerprint density at radius 2 is 2.00 bits per heavy atom. The Bertz CT molecular complexity index is 823. The summed E-state index contributed by atoms with van der Waals surface area (Å²) in [6, 6.07) is 15.8. The van der Waals surface area contributed by atoms with E-state index in [2.05, 4.69) is 33.0 Å². The van der Waals surface area contributed by atoms with E-state index < -0.39 is 0 Å². The molecule has 1 heterocycles. The van der Waals surface area contributed by atoms with Gasteiger partial charge in [0.1, 0.15) is 0 Å². The first-order chi connectivity index (χ1) is 11.3. The van der Waals surface area contributed by atoms with Gasteiger partial charge in [0.2, 0.25) is 0 Å². The van der Waals surface area contributed by atoms with E-state index in [4.69, 9.17) is 0 Å². The Hall–Kier alpha value is -2.82. The summed E-state index contributed by atoms with van der Waals surface area (Å²) in [5.41, 5.74) is 2.88. The molecule has 0 saturated heterocycles. The minimum Gasteiger partial charge on any atom is -0.331 e. The van der Waals surface area contributed by atoms with Gasteiger partial charge in [0.25, 0.3) is 0 Å². The van der Waals surface area contributed by atoms with Gasteiger partial charge in [0, 0.05) is 11.1 Å². The predicted molar refractivity (Wildman–Crippen MR) is 90.2 cm³/mol. The molecule has 23 heavy (non-hydrogen) atoms. The number of benzene rings is 2. The Labute approximate surface area is 134 Å². The summed E-state index contributed by atoms with van der Waals surface area (Å²) in [5, 5.41) is 13.9. The molecule has 2 amide bonds. The van der Waals surface area contributed by atoms with Crippen LogP contribution in [0.15, 0.2) is 54.7 Å². The van der Waals surface area contributed by atoms with E-state index in [1.165, 1.54) is 12.8 Å². The summed E-state index contributed by atoms with van der Waals surface area (Å²) in [6.07, 6.45) is 4.08. The lowest BCUT2D eigenvalue weighted by molar-refractivity contribution is 0.247. The topological polar surface area (TPSA) is 69.8 Å². The van der Waals surface area contributed by atoms with Crippen molar-refractivity contribution in [2.24, 2.45) is 5.92 Å². The van der Waals surface area contributed by atoms with Gasteiger partial charge < -0.3 is 10.6 Å². The van der Waals surface area contributed by atoms with Gasteiger partial charge in [0.05, 0.1) is 17.8 Å². The number of carbonyl (C=O) groups is 1. The van der Waals surface area contributed by atoms with E-state index >= 15 is 0 Å². The van der Waals surface area contributed by atoms with E-state index in [0.29, 0.717) is 5.92 Å². The Balaban J connectivity index is 1.47. The summed E-state index contributed by atoms with van der Waals surface area (Å²) >= 11 is 0. The average molecular weight is 306 g/mol. The first kappa shape index (κ1) is 13.8. The Morgan fingerprint density at radius 1 is 1.17 bits per heavy atom. The number of amides is 2. The number of hydrogen-bond donors (Lipinski definition) is 3. The maximum Gasteiger partial charge on any atom is 0.319 e. The second kappa shape index (κ2) is 5.76. The molecule has 1 atom stereocenters. The van der Waals surface area contributed by atoms with Crippen molar-refractivity contribution >= 4 is 22.6 Å². The smallest absolute Gasteiger partial charge is 0.319 e. The quantitative estimate of drug-likeness (QED) is 0.685. The van der Waals surface area contributed by atoms with Crippen LogP contribution in [0.2, 0.25) is 0 Å². The Kier molecular flexibility index (Phi) is 3.46. The third-order valence-electron chi connectivity index (χ3n) is 4.24. The van der Waals surface area contributed by atoms with E-state index in [0.717, 1.165) is 22.2 Å². The number of nitrogens with one attached hydrogen (secondary N) is 3. The van der Waals surface area contributed by atoms with Crippen molar-refractivity contribution in [1.82, 2.24) is 15.5 Å². The number of anilines is 1. The molecule has 3 aromatic rings. The largest absolute Gasteiger partial charge is 0.331 e. The number of H-pyrrole nitrogens is 1. The lowest BCUT2D eigenvalue weighted by atomic mass is 10.0. The van der Waals surface area contributed by atoms with Crippen LogP contribution in [-0.2, 0) is 0 Å².